The van der Waals surface area contributed by atoms with Crippen LogP contribution in [0.5, 0.6) is 0 Å². The van der Waals surface area contributed by atoms with Crippen molar-refractivity contribution in [1.29, 1.82) is 0 Å². The molecule has 0 aromatic heterocycles. The summed E-state index contributed by atoms with van der Waals surface area (Å²) < 4.78 is 0. The van der Waals surface area contributed by atoms with E-state index in [0.717, 1.165) is 11.1 Å². The Kier molecular flexibility index (Phi) is 2.11. The molecular weight excluding hydrogens is 214 g/mol. The summed E-state index contributed by atoms with van der Waals surface area (Å²) in [7, 11) is 0. The lowest BCUT2D eigenvalue weighted by Gasteiger charge is -2.18. The Hall–Kier alpha value is -2.29. The van der Waals surface area contributed by atoms with E-state index in [-0.39, 0.29) is 11.5 Å². The third-order valence-electron chi connectivity index (χ3n) is 3.10. The van der Waals surface area contributed by atoms with Gasteiger partial charge in [0.15, 0.2) is 5.78 Å². The summed E-state index contributed by atoms with van der Waals surface area (Å²) in [5.74, 6) is -0.1000. The van der Waals surface area contributed by atoms with E-state index in [1.165, 1.54) is 0 Å². The average molecular weight is 223 g/mol. The highest BCUT2D eigenvalue weighted by molar-refractivity contribution is 6.15. The highest BCUT2D eigenvalue weighted by Gasteiger charge is 2.25. The molecule has 0 aliphatic heterocycles. The summed E-state index contributed by atoms with van der Waals surface area (Å²) in [6.45, 7) is 0. The van der Waals surface area contributed by atoms with Crippen LogP contribution < -0.4 is 0 Å². The van der Waals surface area contributed by atoms with E-state index in [1.807, 2.05) is 24.3 Å². The van der Waals surface area contributed by atoms with Crippen molar-refractivity contribution in [3.05, 3.63) is 69.6 Å². The minimum atomic E-state index is -0.1000. The Labute approximate surface area is 98.1 Å². The molecular formula is C14H9NO2. The minimum Gasteiger partial charge on any atom is -0.289 e. The van der Waals surface area contributed by atoms with E-state index in [1.54, 1.807) is 18.2 Å². The molecule has 0 spiro atoms. The van der Waals surface area contributed by atoms with Crippen LogP contribution >= 0.6 is 0 Å². The second kappa shape index (κ2) is 3.63. The predicted octanol–water partition coefficient (Wildman–Crippen LogP) is 3.22. The Bertz CT molecular complexity index is 632. The van der Waals surface area contributed by atoms with Crippen LogP contribution in [0.1, 0.15) is 27.0 Å². The number of hydrogen-bond acceptors (Lipinski definition) is 3. The van der Waals surface area contributed by atoms with E-state index in [0.29, 0.717) is 17.5 Å². The normalized spacial score (nSPS) is 12.8. The van der Waals surface area contributed by atoms with Crippen LogP contribution in [0.15, 0.2) is 47.6 Å². The number of ketones is 1. The van der Waals surface area contributed by atoms with E-state index in [9.17, 15) is 9.70 Å². The van der Waals surface area contributed by atoms with Crippen LogP contribution in [-0.4, -0.2) is 5.78 Å². The zero-order valence-electron chi connectivity index (χ0n) is 9.01. The Morgan fingerprint density at radius 2 is 1.71 bits per heavy atom. The van der Waals surface area contributed by atoms with Crippen LogP contribution in [0, 0.1) is 4.91 Å². The SMILES string of the molecule is O=Nc1cccc2c1C(=O)c1ccccc1C2. The molecule has 1 aliphatic rings. The lowest BCUT2D eigenvalue weighted by Crippen LogP contribution is -2.14. The van der Waals surface area contributed by atoms with Crippen molar-refractivity contribution in [3.8, 4) is 0 Å². The highest BCUT2D eigenvalue weighted by Crippen LogP contribution is 2.32. The molecule has 2 aromatic carbocycles. The zero-order valence-corrected chi connectivity index (χ0v) is 9.01. The van der Waals surface area contributed by atoms with Gasteiger partial charge in [-0.05, 0) is 28.8 Å². The number of nitrogens with zero attached hydrogens (tertiary/aromatic N) is 1. The largest absolute Gasteiger partial charge is 0.289 e. The van der Waals surface area contributed by atoms with Gasteiger partial charge in [-0.25, -0.2) is 0 Å². The van der Waals surface area contributed by atoms with Gasteiger partial charge in [-0.2, -0.15) is 0 Å². The molecule has 0 radical (unpaired) electrons. The molecule has 0 bridgehead atoms. The Balaban J connectivity index is 2.27. The topological polar surface area (TPSA) is 46.5 Å². The van der Waals surface area contributed by atoms with Gasteiger partial charge in [0.05, 0.1) is 5.56 Å². The van der Waals surface area contributed by atoms with Crippen LogP contribution in [-0.2, 0) is 6.42 Å². The fraction of sp³-hybridized carbons (Fsp3) is 0.0714. The second-order valence-corrected chi connectivity index (χ2v) is 4.07. The van der Waals surface area contributed by atoms with Crippen molar-refractivity contribution in [1.82, 2.24) is 0 Å². The molecule has 3 heteroatoms. The van der Waals surface area contributed by atoms with Crippen molar-refractivity contribution in [2.45, 2.75) is 6.42 Å². The predicted molar refractivity (Wildman–Crippen MR) is 64.6 cm³/mol. The van der Waals surface area contributed by atoms with Gasteiger partial charge in [0.2, 0.25) is 0 Å². The number of nitroso groups, excluding NO2 is 1. The first-order chi connectivity index (χ1) is 8.31. The van der Waals surface area contributed by atoms with Gasteiger partial charge >= 0.3 is 0 Å². The monoisotopic (exact) mass is 223 g/mol. The van der Waals surface area contributed by atoms with Gasteiger partial charge < -0.3 is 0 Å². The van der Waals surface area contributed by atoms with E-state index >= 15 is 0 Å². The Morgan fingerprint density at radius 3 is 2.53 bits per heavy atom. The van der Waals surface area contributed by atoms with Gasteiger partial charge in [-0.15, -0.1) is 4.91 Å². The summed E-state index contributed by atoms with van der Waals surface area (Å²) in [6.07, 6.45) is 0.681. The van der Waals surface area contributed by atoms with Crippen molar-refractivity contribution >= 4 is 11.5 Å². The molecule has 0 fully saturated rings. The van der Waals surface area contributed by atoms with Gasteiger partial charge in [0, 0.05) is 5.56 Å². The molecule has 0 N–H and O–H groups in total. The third-order valence-corrected chi connectivity index (χ3v) is 3.10. The summed E-state index contributed by atoms with van der Waals surface area (Å²) >= 11 is 0. The first-order valence-corrected chi connectivity index (χ1v) is 5.39. The fourth-order valence-corrected chi connectivity index (χ4v) is 2.31. The molecule has 0 saturated carbocycles. The van der Waals surface area contributed by atoms with E-state index < -0.39 is 0 Å². The first kappa shape index (κ1) is 9.90. The molecule has 1 aliphatic carbocycles. The number of hydrogen-bond donors (Lipinski definition) is 0. The number of carbonyl (C=O) groups excluding carboxylic acids is 1. The average Bonchev–Trinajstić information content (AvgIpc) is 2.38. The zero-order chi connectivity index (χ0) is 11.8. The van der Waals surface area contributed by atoms with Crippen LogP contribution in [0.3, 0.4) is 0 Å². The smallest absolute Gasteiger partial charge is 0.195 e. The number of carbonyl (C=O) groups is 1. The van der Waals surface area contributed by atoms with Crippen molar-refractivity contribution < 1.29 is 4.79 Å². The molecule has 3 rings (SSSR count). The van der Waals surface area contributed by atoms with Gasteiger partial charge in [-0.3, -0.25) is 4.79 Å². The number of fused-ring (bicyclic) bond motifs is 2. The van der Waals surface area contributed by atoms with Crippen molar-refractivity contribution in [2.75, 3.05) is 0 Å². The number of rotatable bonds is 1. The van der Waals surface area contributed by atoms with Gasteiger partial charge in [-0.1, -0.05) is 36.4 Å². The lowest BCUT2D eigenvalue weighted by molar-refractivity contribution is 0.103. The molecule has 0 heterocycles. The van der Waals surface area contributed by atoms with Crippen molar-refractivity contribution in [2.24, 2.45) is 5.18 Å². The summed E-state index contributed by atoms with van der Waals surface area (Å²) in [5.41, 5.74) is 3.26. The maximum absolute atomic E-state index is 12.3. The Morgan fingerprint density at radius 1 is 0.941 bits per heavy atom. The summed E-state index contributed by atoms with van der Waals surface area (Å²) in [5, 5.41) is 2.94. The maximum Gasteiger partial charge on any atom is 0.195 e. The molecule has 3 nitrogen and oxygen atoms in total. The maximum atomic E-state index is 12.3. The molecule has 0 unspecified atom stereocenters. The highest BCUT2D eigenvalue weighted by atomic mass is 16.3. The van der Waals surface area contributed by atoms with Gasteiger partial charge in [0.1, 0.15) is 5.69 Å². The minimum absolute atomic E-state index is 0.1000. The lowest BCUT2D eigenvalue weighted by atomic mass is 9.84. The molecule has 0 atom stereocenters. The summed E-state index contributed by atoms with van der Waals surface area (Å²) in [6, 6.07) is 12.7. The molecule has 0 amide bonds. The van der Waals surface area contributed by atoms with E-state index in [4.69, 9.17) is 0 Å². The molecule has 17 heavy (non-hydrogen) atoms. The summed E-state index contributed by atoms with van der Waals surface area (Å²) in [4.78, 5) is 23.0. The quantitative estimate of drug-likeness (QED) is 0.594. The van der Waals surface area contributed by atoms with Crippen LogP contribution in [0.2, 0.25) is 0 Å². The first-order valence-electron chi connectivity index (χ1n) is 5.39. The van der Waals surface area contributed by atoms with E-state index in [2.05, 4.69) is 5.18 Å². The number of benzene rings is 2. The standard InChI is InChI=1S/C14H9NO2/c16-14-11-6-2-1-4-9(11)8-10-5-3-7-12(15-17)13(10)14/h1-7H,8H2. The third kappa shape index (κ3) is 1.40. The van der Waals surface area contributed by atoms with Gasteiger partial charge in [0.25, 0.3) is 0 Å². The fourth-order valence-electron chi connectivity index (χ4n) is 2.31. The van der Waals surface area contributed by atoms with Crippen LogP contribution in [0.4, 0.5) is 5.69 Å². The van der Waals surface area contributed by atoms with Crippen LogP contribution in [0.25, 0.3) is 0 Å². The molecule has 82 valence electrons. The van der Waals surface area contributed by atoms with Crippen molar-refractivity contribution in [3.63, 3.8) is 0 Å². The molecule has 2 aromatic rings. The molecule has 0 saturated heterocycles. The second-order valence-electron chi connectivity index (χ2n) is 4.07.